The average Bonchev–Trinajstić information content (AvgIpc) is 2.60. The number of fused-ring (bicyclic) bond motifs is 1. The van der Waals surface area contributed by atoms with Gasteiger partial charge in [0.2, 0.25) is 0 Å². The van der Waals surface area contributed by atoms with Crippen molar-refractivity contribution in [3.05, 3.63) is 33.7 Å². The minimum Gasteiger partial charge on any atom is -0.192 e. The number of hydrogen-bond acceptors (Lipinski definition) is 2. The molecule has 4 heteroatoms. The Morgan fingerprint density at radius 3 is 2.86 bits per heavy atom. The molecule has 0 saturated heterocycles. The summed E-state index contributed by atoms with van der Waals surface area (Å²) in [5.74, 6) is 0.377. The number of hydrogen-bond donors (Lipinski definition) is 0. The van der Waals surface area contributed by atoms with Crippen molar-refractivity contribution in [3.8, 4) is 6.07 Å². The molecule has 0 fully saturated rings. The van der Waals surface area contributed by atoms with Crippen LogP contribution >= 0.6 is 34.5 Å². The lowest BCUT2D eigenvalue weighted by molar-refractivity contribution is 1.47. The molecule has 0 radical (unpaired) electrons. The molecule has 0 aliphatic heterocycles. The molecule has 70 valence electrons. The number of thiophene rings is 1. The van der Waals surface area contributed by atoms with E-state index in [9.17, 15) is 0 Å². The maximum atomic E-state index is 8.77. The van der Waals surface area contributed by atoms with Gasteiger partial charge in [-0.2, -0.15) is 5.26 Å². The van der Waals surface area contributed by atoms with Crippen LogP contribution in [0.5, 0.6) is 0 Å². The third kappa shape index (κ3) is 1.48. The van der Waals surface area contributed by atoms with Crippen LogP contribution in [0, 0.1) is 11.3 Å². The highest BCUT2D eigenvalue weighted by Crippen LogP contribution is 2.33. The fourth-order valence-electron chi connectivity index (χ4n) is 1.32. The number of nitriles is 1. The Kier molecular flexibility index (Phi) is 2.64. The standard InChI is InChI=1S/C10H5Cl2NS/c11-4-8-9(12)2-1-6-3-7(5-13)14-10(6)8/h1-3H,4H2. The lowest BCUT2D eigenvalue weighted by Crippen LogP contribution is -1.79. The van der Waals surface area contributed by atoms with Crippen molar-refractivity contribution < 1.29 is 0 Å². The highest BCUT2D eigenvalue weighted by atomic mass is 35.5. The van der Waals surface area contributed by atoms with Crippen LogP contribution in [0.15, 0.2) is 18.2 Å². The monoisotopic (exact) mass is 241 g/mol. The number of alkyl halides is 1. The average molecular weight is 242 g/mol. The normalized spacial score (nSPS) is 10.4. The number of nitrogens with zero attached hydrogens (tertiary/aromatic N) is 1. The first-order valence-electron chi connectivity index (χ1n) is 3.93. The van der Waals surface area contributed by atoms with Gasteiger partial charge in [0.1, 0.15) is 10.9 Å². The maximum absolute atomic E-state index is 8.77. The quantitative estimate of drug-likeness (QED) is 0.688. The largest absolute Gasteiger partial charge is 0.192 e. The van der Waals surface area contributed by atoms with Gasteiger partial charge in [0.15, 0.2) is 0 Å². The zero-order valence-electron chi connectivity index (χ0n) is 7.05. The van der Waals surface area contributed by atoms with Gasteiger partial charge in [0.25, 0.3) is 0 Å². The minimum absolute atomic E-state index is 0.377. The number of rotatable bonds is 1. The SMILES string of the molecule is N#Cc1cc2ccc(Cl)c(CCl)c2s1. The van der Waals surface area contributed by atoms with Crippen LogP contribution in [-0.2, 0) is 5.88 Å². The summed E-state index contributed by atoms with van der Waals surface area (Å²) in [6.07, 6.45) is 0. The molecule has 0 amide bonds. The van der Waals surface area contributed by atoms with Crippen molar-refractivity contribution in [2.24, 2.45) is 0 Å². The fraction of sp³-hybridized carbons (Fsp3) is 0.100. The molecule has 0 atom stereocenters. The van der Waals surface area contributed by atoms with Gasteiger partial charge in [-0.15, -0.1) is 22.9 Å². The summed E-state index contributed by atoms with van der Waals surface area (Å²) in [5.41, 5.74) is 0.914. The summed E-state index contributed by atoms with van der Waals surface area (Å²) in [6.45, 7) is 0. The van der Waals surface area contributed by atoms with Crippen LogP contribution in [0.4, 0.5) is 0 Å². The molecule has 2 rings (SSSR count). The van der Waals surface area contributed by atoms with E-state index >= 15 is 0 Å². The van der Waals surface area contributed by atoms with Crippen molar-refractivity contribution in [1.29, 1.82) is 5.26 Å². The summed E-state index contributed by atoms with van der Waals surface area (Å²) < 4.78 is 1.02. The molecule has 1 heterocycles. The van der Waals surface area contributed by atoms with E-state index in [1.807, 2.05) is 18.2 Å². The molecule has 0 aliphatic carbocycles. The molecule has 1 aromatic heterocycles. The van der Waals surface area contributed by atoms with E-state index in [0.717, 1.165) is 15.6 Å². The van der Waals surface area contributed by atoms with Crippen molar-refractivity contribution in [2.75, 3.05) is 0 Å². The Labute approximate surface area is 95.5 Å². The third-order valence-corrected chi connectivity index (χ3v) is 3.71. The zero-order valence-corrected chi connectivity index (χ0v) is 9.38. The molecular weight excluding hydrogens is 237 g/mol. The lowest BCUT2D eigenvalue weighted by Gasteiger charge is -2.00. The third-order valence-electron chi connectivity index (χ3n) is 1.98. The first-order valence-corrected chi connectivity index (χ1v) is 5.66. The predicted octanol–water partition coefficient (Wildman–Crippen LogP) is 4.17. The van der Waals surface area contributed by atoms with Crippen LogP contribution in [0.3, 0.4) is 0 Å². The summed E-state index contributed by atoms with van der Waals surface area (Å²) in [7, 11) is 0. The molecule has 0 unspecified atom stereocenters. The van der Waals surface area contributed by atoms with Gasteiger partial charge in [-0.3, -0.25) is 0 Å². The maximum Gasteiger partial charge on any atom is 0.110 e. The molecule has 2 aromatic rings. The smallest absolute Gasteiger partial charge is 0.110 e. The van der Waals surface area contributed by atoms with Gasteiger partial charge < -0.3 is 0 Å². The van der Waals surface area contributed by atoms with E-state index in [-0.39, 0.29) is 0 Å². The van der Waals surface area contributed by atoms with E-state index in [2.05, 4.69) is 6.07 Å². The van der Waals surface area contributed by atoms with Crippen molar-refractivity contribution in [3.63, 3.8) is 0 Å². The summed E-state index contributed by atoms with van der Waals surface area (Å²) in [6, 6.07) is 7.70. The second kappa shape index (κ2) is 3.78. The Hall–Kier alpha value is -0.750. The molecule has 0 saturated carbocycles. The van der Waals surface area contributed by atoms with Crippen LogP contribution < -0.4 is 0 Å². The van der Waals surface area contributed by atoms with Crippen LogP contribution in [0.25, 0.3) is 10.1 Å². The van der Waals surface area contributed by atoms with Gasteiger partial charge in [0.05, 0.1) is 5.88 Å². The molecular formula is C10H5Cl2NS. The molecule has 1 aromatic carbocycles. The Morgan fingerprint density at radius 1 is 1.43 bits per heavy atom. The second-order valence-electron chi connectivity index (χ2n) is 2.80. The van der Waals surface area contributed by atoms with Crippen LogP contribution in [0.2, 0.25) is 5.02 Å². The van der Waals surface area contributed by atoms with Crippen molar-refractivity contribution in [2.45, 2.75) is 5.88 Å². The fourth-order valence-corrected chi connectivity index (χ4v) is 3.02. The van der Waals surface area contributed by atoms with Gasteiger partial charge >= 0.3 is 0 Å². The van der Waals surface area contributed by atoms with Gasteiger partial charge in [-0.1, -0.05) is 17.7 Å². The molecule has 0 aliphatic rings. The van der Waals surface area contributed by atoms with E-state index in [1.165, 1.54) is 11.3 Å². The topological polar surface area (TPSA) is 23.8 Å². The first kappa shape index (κ1) is 9.79. The summed E-state index contributed by atoms with van der Waals surface area (Å²) in [4.78, 5) is 0.689. The van der Waals surface area contributed by atoms with Gasteiger partial charge in [0, 0.05) is 15.3 Å². The Balaban J connectivity index is 2.81. The van der Waals surface area contributed by atoms with Crippen molar-refractivity contribution >= 4 is 44.6 Å². The van der Waals surface area contributed by atoms with Gasteiger partial charge in [-0.05, 0) is 17.5 Å². The molecule has 1 nitrogen and oxygen atoms in total. The van der Waals surface area contributed by atoms with Crippen LogP contribution in [0.1, 0.15) is 10.4 Å². The number of benzene rings is 1. The van der Waals surface area contributed by atoms with Crippen molar-refractivity contribution in [1.82, 2.24) is 0 Å². The predicted molar refractivity (Wildman–Crippen MR) is 61.1 cm³/mol. The number of halogens is 2. The Bertz CT molecular complexity index is 525. The summed E-state index contributed by atoms with van der Waals surface area (Å²) in [5, 5.41) is 10.5. The summed E-state index contributed by atoms with van der Waals surface area (Å²) >= 11 is 13.2. The molecule has 14 heavy (non-hydrogen) atoms. The lowest BCUT2D eigenvalue weighted by atomic mass is 10.2. The molecule has 0 bridgehead atoms. The molecule has 0 spiro atoms. The first-order chi connectivity index (χ1) is 6.76. The van der Waals surface area contributed by atoms with Gasteiger partial charge in [-0.25, -0.2) is 0 Å². The zero-order chi connectivity index (χ0) is 10.1. The van der Waals surface area contributed by atoms with E-state index in [0.29, 0.717) is 15.8 Å². The second-order valence-corrected chi connectivity index (χ2v) is 4.53. The minimum atomic E-state index is 0.377. The van der Waals surface area contributed by atoms with E-state index in [4.69, 9.17) is 28.5 Å². The highest BCUT2D eigenvalue weighted by molar-refractivity contribution is 7.19. The Morgan fingerprint density at radius 2 is 2.21 bits per heavy atom. The molecule has 0 N–H and O–H groups in total. The van der Waals surface area contributed by atoms with E-state index in [1.54, 1.807) is 0 Å². The highest BCUT2D eigenvalue weighted by Gasteiger charge is 2.08. The van der Waals surface area contributed by atoms with Crippen LogP contribution in [-0.4, -0.2) is 0 Å². The van der Waals surface area contributed by atoms with E-state index < -0.39 is 0 Å².